The number of anilines is 1. The fraction of sp³-hybridized carbons (Fsp3) is 0.412. The summed E-state index contributed by atoms with van der Waals surface area (Å²) in [5.41, 5.74) is 0.986. The van der Waals surface area contributed by atoms with Crippen molar-refractivity contribution in [2.24, 2.45) is 11.8 Å². The van der Waals surface area contributed by atoms with Crippen LogP contribution >= 0.6 is 23.4 Å². The first-order valence-electron chi connectivity index (χ1n) is 7.89. The molecule has 2 aromatic heterocycles. The summed E-state index contributed by atoms with van der Waals surface area (Å²) in [5.74, 6) is -0.611. The second-order valence-electron chi connectivity index (χ2n) is 5.98. The lowest BCUT2D eigenvalue weighted by atomic mass is 10.1. The van der Waals surface area contributed by atoms with Gasteiger partial charge in [-0.2, -0.15) is 16.9 Å². The Bertz CT molecular complexity index is 748. The normalized spacial score (nSPS) is 12.2. The van der Waals surface area contributed by atoms with Crippen molar-refractivity contribution in [1.29, 1.82) is 0 Å². The zero-order valence-electron chi connectivity index (χ0n) is 14.6. The lowest BCUT2D eigenvalue weighted by Crippen LogP contribution is -2.43. The highest BCUT2D eigenvalue weighted by Gasteiger charge is 2.32. The zero-order valence-corrected chi connectivity index (χ0v) is 16.2. The van der Waals surface area contributed by atoms with Gasteiger partial charge in [0.1, 0.15) is 5.69 Å². The summed E-state index contributed by atoms with van der Waals surface area (Å²) in [4.78, 5) is 30.7. The van der Waals surface area contributed by atoms with E-state index in [1.165, 1.54) is 4.68 Å². The molecule has 0 aromatic carbocycles. The van der Waals surface area contributed by atoms with E-state index in [0.29, 0.717) is 17.1 Å². The molecular weight excluding hydrogens is 360 g/mol. The minimum absolute atomic E-state index is 0.0996. The van der Waals surface area contributed by atoms with Gasteiger partial charge in [0, 0.05) is 23.8 Å². The molecule has 0 aliphatic carbocycles. The van der Waals surface area contributed by atoms with Crippen molar-refractivity contribution in [2.45, 2.75) is 20.8 Å². The van der Waals surface area contributed by atoms with E-state index in [0.717, 1.165) is 4.90 Å². The average molecular weight is 381 g/mol. The van der Waals surface area contributed by atoms with Crippen molar-refractivity contribution in [3.63, 3.8) is 0 Å². The van der Waals surface area contributed by atoms with Gasteiger partial charge in [-0.3, -0.25) is 14.6 Å². The Morgan fingerprint density at radius 1 is 1.32 bits per heavy atom. The Kier molecular flexibility index (Phi) is 6.61. The highest BCUT2D eigenvalue weighted by molar-refractivity contribution is 7.98. The minimum atomic E-state index is -0.344. The largest absolute Gasteiger partial charge is 0.274 e. The Balaban J connectivity index is 2.46. The van der Waals surface area contributed by atoms with Crippen LogP contribution in [0.2, 0.25) is 5.15 Å². The van der Waals surface area contributed by atoms with Gasteiger partial charge >= 0.3 is 0 Å². The molecule has 1 atom stereocenters. The van der Waals surface area contributed by atoms with Crippen LogP contribution in [0.25, 0.3) is 5.69 Å². The fourth-order valence-electron chi connectivity index (χ4n) is 2.26. The molecular formula is C17H21ClN4O2S. The summed E-state index contributed by atoms with van der Waals surface area (Å²) in [5, 5.41) is 4.32. The van der Waals surface area contributed by atoms with Crippen molar-refractivity contribution in [3.8, 4) is 5.69 Å². The number of nitrogens with zero attached hydrogens (tertiary/aromatic N) is 4. The third-order valence-corrected chi connectivity index (χ3v) is 4.68. The maximum atomic E-state index is 12.9. The van der Waals surface area contributed by atoms with Crippen molar-refractivity contribution in [2.75, 3.05) is 16.9 Å². The van der Waals surface area contributed by atoms with Gasteiger partial charge in [-0.05, 0) is 18.4 Å². The second kappa shape index (κ2) is 8.49. The van der Waals surface area contributed by atoms with Gasteiger partial charge in [-0.25, -0.2) is 9.58 Å². The van der Waals surface area contributed by atoms with E-state index in [1.54, 1.807) is 57.2 Å². The monoisotopic (exact) mass is 380 g/mol. The number of thioether (sulfide) groups is 1. The standard InChI is InChI=1S/C17H21ClN4O2S/c1-11(2)16(23)22(17(24)12(3)10-25-4)14-9-21(20-15(14)18)13-6-5-7-19-8-13/h5-9,11-12H,10H2,1-4H3. The van der Waals surface area contributed by atoms with Crippen LogP contribution in [0.1, 0.15) is 20.8 Å². The van der Waals surface area contributed by atoms with Crippen molar-refractivity contribution >= 4 is 40.9 Å². The molecule has 0 aliphatic rings. The van der Waals surface area contributed by atoms with Crippen LogP contribution in [-0.2, 0) is 9.59 Å². The van der Waals surface area contributed by atoms with E-state index in [4.69, 9.17) is 11.6 Å². The molecule has 6 nitrogen and oxygen atoms in total. The Hall–Kier alpha value is -1.86. The van der Waals surface area contributed by atoms with Crippen molar-refractivity contribution in [1.82, 2.24) is 14.8 Å². The van der Waals surface area contributed by atoms with E-state index in [1.807, 2.05) is 12.3 Å². The molecule has 1 unspecified atom stereocenters. The Labute approximate surface area is 156 Å². The van der Waals surface area contributed by atoms with Crippen LogP contribution in [-0.4, -0.2) is 38.6 Å². The molecule has 25 heavy (non-hydrogen) atoms. The summed E-state index contributed by atoms with van der Waals surface area (Å²) >= 11 is 7.82. The first kappa shape index (κ1) is 19.5. The smallest absolute Gasteiger partial charge is 0.237 e. The Morgan fingerprint density at radius 2 is 2.04 bits per heavy atom. The van der Waals surface area contributed by atoms with Gasteiger partial charge < -0.3 is 0 Å². The van der Waals surface area contributed by atoms with Gasteiger partial charge in [0.2, 0.25) is 11.8 Å². The van der Waals surface area contributed by atoms with Crippen LogP contribution < -0.4 is 4.90 Å². The van der Waals surface area contributed by atoms with Crippen LogP contribution in [0.15, 0.2) is 30.7 Å². The summed E-state index contributed by atoms with van der Waals surface area (Å²) < 4.78 is 1.51. The summed E-state index contributed by atoms with van der Waals surface area (Å²) in [6.07, 6.45) is 6.78. The molecule has 0 saturated carbocycles. The van der Waals surface area contributed by atoms with Crippen LogP contribution in [0, 0.1) is 11.8 Å². The number of carbonyl (C=O) groups excluding carboxylic acids is 2. The minimum Gasteiger partial charge on any atom is -0.274 e. The molecule has 2 rings (SSSR count). The maximum absolute atomic E-state index is 12.9. The predicted octanol–water partition coefficient (Wildman–Crippen LogP) is 3.44. The lowest BCUT2D eigenvalue weighted by Gasteiger charge is -2.24. The molecule has 0 saturated heterocycles. The number of imide groups is 1. The van der Waals surface area contributed by atoms with E-state index < -0.39 is 0 Å². The molecule has 8 heteroatoms. The van der Waals surface area contributed by atoms with Gasteiger partial charge in [0.25, 0.3) is 0 Å². The molecule has 2 amide bonds. The summed E-state index contributed by atoms with van der Waals surface area (Å²) in [7, 11) is 0. The Morgan fingerprint density at radius 3 is 2.60 bits per heavy atom. The number of carbonyl (C=O) groups is 2. The third-order valence-electron chi connectivity index (χ3n) is 3.58. The fourth-order valence-corrected chi connectivity index (χ4v) is 3.12. The van der Waals surface area contributed by atoms with Gasteiger partial charge in [-0.1, -0.05) is 32.4 Å². The number of rotatable bonds is 6. The molecule has 2 aromatic rings. The number of hydrogen-bond donors (Lipinski definition) is 0. The maximum Gasteiger partial charge on any atom is 0.237 e. The van der Waals surface area contributed by atoms with Gasteiger partial charge in [-0.15, -0.1) is 0 Å². The number of pyridine rings is 1. The molecule has 134 valence electrons. The van der Waals surface area contributed by atoms with Gasteiger partial charge in [0.05, 0.1) is 18.1 Å². The first-order valence-corrected chi connectivity index (χ1v) is 9.66. The molecule has 0 radical (unpaired) electrons. The molecule has 0 N–H and O–H groups in total. The number of hydrogen-bond acceptors (Lipinski definition) is 5. The van der Waals surface area contributed by atoms with Crippen molar-refractivity contribution in [3.05, 3.63) is 35.9 Å². The molecule has 2 heterocycles. The molecule has 0 bridgehead atoms. The molecule has 0 aliphatic heterocycles. The van der Waals surface area contributed by atoms with E-state index in [9.17, 15) is 9.59 Å². The van der Waals surface area contributed by atoms with Gasteiger partial charge in [0.15, 0.2) is 5.15 Å². The quantitative estimate of drug-likeness (QED) is 0.767. The highest BCUT2D eigenvalue weighted by Crippen LogP contribution is 2.29. The second-order valence-corrected chi connectivity index (χ2v) is 7.25. The van der Waals surface area contributed by atoms with E-state index in [-0.39, 0.29) is 28.8 Å². The summed E-state index contributed by atoms with van der Waals surface area (Å²) in [6, 6.07) is 3.58. The molecule has 0 fully saturated rings. The number of amides is 2. The zero-order chi connectivity index (χ0) is 18.6. The lowest BCUT2D eigenvalue weighted by molar-refractivity contribution is -0.129. The SMILES string of the molecule is CSCC(C)C(=O)N(C(=O)C(C)C)c1cn(-c2cccnc2)nc1Cl. The highest BCUT2D eigenvalue weighted by atomic mass is 35.5. The molecule has 0 spiro atoms. The van der Waals surface area contributed by atoms with Crippen molar-refractivity contribution < 1.29 is 9.59 Å². The summed E-state index contributed by atoms with van der Waals surface area (Å²) in [6.45, 7) is 5.31. The first-order chi connectivity index (χ1) is 11.9. The van der Waals surface area contributed by atoms with Crippen LogP contribution in [0.4, 0.5) is 5.69 Å². The predicted molar refractivity (Wildman–Crippen MR) is 101 cm³/mol. The number of halogens is 1. The van der Waals surface area contributed by atoms with Crippen LogP contribution in [0.5, 0.6) is 0 Å². The van der Waals surface area contributed by atoms with E-state index in [2.05, 4.69) is 10.1 Å². The third kappa shape index (κ3) is 4.41. The average Bonchev–Trinajstić information content (AvgIpc) is 2.97. The number of aromatic nitrogens is 3. The van der Waals surface area contributed by atoms with E-state index >= 15 is 0 Å². The van der Waals surface area contributed by atoms with Crippen LogP contribution in [0.3, 0.4) is 0 Å². The topological polar surface area (TPSA) is 68.1 Å².